The van der Waals surface area contributed by atoms with Crippen LogP contribution < -0.4 is 10.1 Å². The number of allylic oxidation sites excluding steroid dienone is 1. The van der Waals surface area contributed by atoms with Crippen LogP contribution in [0, 0.1) is 5.41 Å². The Morgan fingerprint density at radius 1 is 1.21 bits per heavy atom. The molecule has 4 rings (SSSR count). The third-order valence-corrected chi connectivity index (χ3v) is 5.60. The Labute approximate surface area is 218 Å². The van der Waals surface area contributed by atoms with Crippen molar-refractivity contribution in [3.05, 3.63) is 71.5 Å². The van der Waals surface area contributed by atoms with Gasteiger partial charge in [-0.25, -0.2) is 0 Å². The van der Waals surface area contributed by atoms with Crippen molar-refractivity contribution in [1.82, 2.24) is 30.1 Å². The number of nitrogens with zero attached hydrogens (tertiary/aromatic N) is 5. The topological polar surface area (TPSA) is 157 Å². The average molecular weight is 520 g/mol. The molecule has 198 valence electrons. The van der Waals surface area contributed by atoms with E-state index in [0.717, 1.165) is 16.3 Å². The van der Waals surface area contributed by atoms with Gasteiger partial charge in [0.1, 0.15) is 24.7 Å². The molecular weight excluding hydrogens is 490 g/mol. The monoisotopic (exact) mass is 519 g/mol. The van der Waals surface area contributed by atoms with Crippen LogP contribution >= 0.6 is 0 Å². The number of benzene rings is 1. The van der Waals surface area contributed by atoms with E-state index in [9.17, 15) is 9.90 Å². The number of amides is 1. The fraction of sp³-hybridized carbons (Fsp3) is 0.308. The first kappa shape index (κ1) is 26.6. The summed E-state index contributed by atoms with van der Waals surface area (Å²) >= 11 is 0. The number of rotatable bonds is 14. The van der Waals surface area contributed by atoms with Gasteiger partial charge in [-0.3, -0.25) is 15.2 Å². The summed E-state index contributed by atoms with van der Waals surface area (Å²) in [7, 11) is 1.45. The number of methoxy groups -OCH3 is 1. The SMILES string of the molecule is COC/C(O)=C/C(=N)c1nnc2c3ccccc3c(OCc3ccc(CCOC(C)CNC=O)cn3)nn12. The second-order valence-electron chi connectivity index (χ2n) is 8.50. The number of pyridine rings is 1. The normalized spacial score (nSPS) is 12.5. The van der Waals surface area contributed by atoms with Crippen LogP contribution in [0.15, 0.2) is 54.4 Å². The number of hydrogen-bond acceptors (Lipinski definition) is 10. The van der Waals surface area contributed by atoms with E-state index in [0.29, 0.717) is 43.2 Å². The summed E-state index contributed by atoms with van der Waals surface area (Å²) < 4.78 is 18.1. The highest BCUT2D eigenvalue weighted by molar-refractivity contribution is 6.05. The molecule has 0 saturated heterocycles. The molecule has 12 heteroatoms. The predicted octanol–water partition coefficient (Wildman–Crippen LogP) is 2.40. The number of nitrogens with one attached hydrogen (secondary N) is 2. The number of carbonyl (C=O) groups excluding carboxylic acids is 1. The molecule has 38 heavy (non-hydrogen) atoms. The number of carbonyl (C=O) groups is 1. The smallest absolute Gasteiger partial charge is 0.240 e. The Balaban J connectivity index is 1.49. The number of aromatic nitrogens is 5. The lowest BCUT2D eigenvalue weighted by molar-refractivity contribution is -0.110. The quantitative estimate of drug-likeness (QED) is 0.129. The van der Waals surface area contributed by atoms with Crippen LogP contribution in [0.3, 0.4) is 0 Å². The largest absolute Gasteiger partial charge is 0.510 e. The van der Waals surface area contributed by atoms with E-state index in [2.05, 4.69) is 25.6 Å². The van der Waals surface area contributed by atoms with E-state index < -0.39 is 0 Å². The highest BCUT2D eigenvalue weighted by Crippen LogP contribution is 2.27. The van der Waals surface area contributed by atoms with Gasteiger partial charge in [-0.15, -0.1) is 15.3 Å². The predicted molar refractivity (Wildman–Crippen MR) is 139 cm³/mol. The molecule has 0 saturated carbocycles. The van der Waals surface area contributed by atoms with Gasteiger partial charge < -0.3 is 24.6 Å². The zero-order chi connectivity index (χ0) is 26.9. The Bertz CT molecular complexity index is 1440. The van der Waals surface area contributed by atoms with Crippen LogP contribution in [0.2, 0.25) is 0 Å². The number of ether oxygens (including phenoxy) is 3. The molecular formula is C26H29N7O5. The molecule has 1 atom stereocenters. The van der Waals surface area contributed by atoms with Gasteiger partial charge in [0, 0.05) is 36.7 Å². The molecule has 12 nitrogen and oxygen atoms in total. The van der Waals surface area contributed by atoms with Crippen LogP contribution in [0.1, 0.15) is 24.0 Å². The fourth-order valence-electron chi connectivity index (χ4n) is 3.73. The molecule has 1 unspecified atom stereocenters. The maximum Gasteiger partial charge on any atom is 0.240 e. The van der Waals surface area contributed by atoms with Crippen LogP contribution in [0.4, 0.5) is 0 Å². The van der Waals surface area contributed by atoms with E-state index in [1.165, 1.54) is 17.7 Å². The van der Waals surface area contributed by atoms with E-state index in [1.54, 1.807) is 6.20 Å². The highest BCUT2D eigenvalue weighted by atomic mass is 16.5. The van der Waals surface area contributed by atoms with Gasteiger partial charge in [-0.2, -0.15) is 4.52 Å². The van der Waals surface area contributed by atoms with Gasteiger partial charge in [0.25, 0.3) is 0 Å². The van der Waals surface area contributed by atoms with Crippen molar-refractivity contribution in [3.8, 4) is 5.88 Å². The minimum atomic E-state index is -0.114. The minimum Gasteiger partial charge on any atom is -0.510 e. The molecule has 3 aromatic heterocycles. The zero-order valence-electron chi connectivity index (χ0n) is 21.1. The summed E-state index contributed by atoms with van der Waals surface area (Å²) in [6, 6.07) is 11.4. The summed E-state index contributed by atoms with van der Waals surface area (Å²) in [4.78, 5) is 14.9. The number of aliphatic hydroxyl groups is 1. The molecule has 0 spiro atoms. The van der Waals surface area contributed by atoms with Crippen molar-refractivity contribution in [2.75, 3.05) is 26.9 Å². The molecule has 4 aromatic rings. The first-order valence-corrected chi connectivity index (χ1v) is 12.0. The van der Waals surface area contributed by atoms with Gasteiger partial charge in [0.15, 0.2) is 5.65 Å². The zero-order valence-corrected chi connectivity index (χ0v) is 21.1. The minimum absolute atomic E-state index is 0.0271. The summed E-state index contributed by atoms with van der Waals surface area (Å²) in [5.41, 5.74) is 2.13. The van der Waals surface area contributed by atoms with Crippen molar-refractivity contribution in [2.45, 2.75) is 26.1 Å². The number of hydrogen-bond donors (Lipinski definition) is 3. The lowest BCUT2D eigenvalue weighted by atomic mass is 10.2. The lowest BCUT2D eigenvalue weighted by Gasteiger charge is -2.12. The molecule has 0 fully saturated rings. The van der Waals surface area contributed by atoms with Crippen molar-refractivity contribution < 1.29 is 24.1 Å². The fourth-order valence-corrected chi connectivity index (χ4v) is 3.73. The molecule has 0 aliphatic heterocycles. The molecule has 0 bridgehead atoms. The molecule has 0 aliphatic carbocycles. The van der Waals surface area contributed by atoms with Crippen LogP contribution in [-0.4, -0.2) is 75.0 Å². The van der Waals surface area contributed by atoms with E-state index in [1.807, 2.05) is 43.3 Å². The Morgan fingerprint density at radius 2 is 2.03 bits per heavy atom. The van der Waals surface area contributed by atoms with Crippen molar-refractivity contribution in [2.24, 2.45) is 0 Å². The second-order valence-corrected chi connectivity index (χ2v) is 8.50. The molecule has 3 heterocycles. The standard InChI is InChI=1S/C26H29N7O5/c1-17(12-28-16-34)37-10-9-18-7-8-19(29-13-18)14-38-26-22-6-4-3-5-21(22)24-30-31-25(33(24)32-26)23(27)11-20(35)15-36-2/h3-8,11,13,16-17,27,35H,9-10,12,14-15H2,1-2H3,(H,28,34)/b20-11-,27-23?. The molecule has 0 radical (unpaired) electrons. The maximum atomic E-state index is 10.4. The van der Waals surface area contributed by atoms with Gasteiger partial charge in [0.05, 0.1) is 18.4 Å². The molecule has 0 aliphatic rings. The van der Waals surface area contributed by atoms with E-state index in [-0.39, 0.29) is 36.6 Å². The number of aliphatic hydroxyl groups excluding tert-OH is 1. The van der Waals surface area contributed by atoms with Crippen LogP contribution in [0.5, 0.6) is 5.88 Å². The van der Waals surface area contributed by atoms with E-state index >= 15 is 0 Å². The van der Waals surface area contributed by atoms with Gasteiger partial charge in [0.2, 0.25) is 18.1 Å². The third-order valence-electron chi connectivity index (χ3n) is 5.60. The van der Waals surface area contributed by atoms with Crippen molar-refractivity contribution >= 4 is 28.5 Å². The second kappa shape index (κ2) is 12.7. The Hall–Kier alpha value is -4.42. The molecule has 1 aromatic carbocycles. The summed E-state index contributed by atoms with van der Waals surface area (Å²) in [6.45, 7) is 3.04. The summed E-state index contributed by atoms with van der Waals surface area (Å²) in [6.07, 6.45) is 4.31. The summed E-state index contributed by atoms with van der Waals surface area (Å²) in [5.74, 6) is 0.375. The summed E-state index contributed by atoms with van der Waals surface area (Å²) in [5, 5.41) is 35.2. The number of fused-ring (bicyclic) bond motifs is 3. The average Bonchev–Trinajstić information content (AvgIpc) is 3.36. The maximum absolute atomic E-state index is 10.4. The van der Waals surface area contributed by atoms with Gasteiger partial charge in [-0.05, 0) is 31.0 Å². The first-order valence-electron chi connectivity index (χ1n) is 12.0. The molecule has 1 amide bonds. The Morgan fingerprint density at radius 3 is 2.76 bits per heavy atom. The van der Waals surface area contributed by atoms with Crippen molar-refractivity contribution in [1.29, 1.82) is 5.41 Å². The van der Waals surface area contributed by atoms with Gasteiger partial charge in [-0.1, -0.05) is 24.3 Å². The third kappa shape index (κ3) is 6.47. The Kier molecular flexibility index (Phi) is 8.90. The molecule has 3 N–H and O–H groups in total. The van der Waals surface area contributed by atoms with Gasteiger partial charge >= 0.3 is 0 Å². The van der Waals surface area contributed by atoms with E-state index in [4.69, 9.17) is 19.6 Å². The lowest BCUT2D eigenvalue weighted by Crippen LogP contribution is -2.26. The van der Waals surface area contributed by atoms with Crippen LogP contribution in [0.25, 0.3) is 16.4 Å². The highest BCUT2D eigenvalue weighted by Gasteiger charge is 2.17. The van der Waals surface area contributed by atoms with Crippen molar-refractivity contribution in [3.63, 3.8) is 0 Å². The van der Waals surface area contributed by atoms with Crippen LogP contribution in [-0.2, 0) is 27.3 Å². The first-order chi connectivity index (χ1) is 18.5.